The Morgan fingerprint density at radius 3 is 2.26 bits per heavy atom. The Morgan fingerprint density at radius 2 is 1.84 bits per heavy atom. The standard InChI is InChI=1S/C11H10Cl2FNO3S/c1-6-9(12)2-7(3-10(6)13)15-5-8(4-11(15)16)19(14,17)18/h2-3,8H,4-5H2,1H3. The molecule has 1 atom stereocenters. The van der Waals surface area contributed by atoms with Gasteiger partial charge in [-0.2, -0.15) is 8.42 Å². The largest absolute Gasteiger partial charge is 0.311 e. The molecule has 1 unspecified atom stereocenters. The monoisotopic (exact) mass is 325 g/mol. The molecule has 1 fully saturated rings. The van der Waals surface area contributed by atoms with Crippen molar-refractivity contribution in [2.45, 2.75) is 18.6 Å². The zero-order valence-corrected chi connectivity index (χ0v) is 12.2. The van der Waals surface area contributed by atoms with Crippen molar-refractivity contribution in [2.24, 2.45) is 0 Å². The summed E-state index contributed by atoms with van der Waals surface area (Å²) in [6.07, 6.45) is -0.373. The van der Waals surface area contributed by atoms with Crippen LogP contribution in [-0.2, 0) is 15.0 Å². The van der Waals surface area contributed by atoms with Crippen molar-refractivity contribution in [3.8, 4) is 0 Å². The lowest BCUT2D eigenvalue weighted by molar-refractivity contribution is -0.117. The third kappa shape index (κ3) is 2.85. The minimum absolute atomic E-state index is 0.229. The van der Waals surface area contributed by atoms with Crippen LogP contribution in [-0.4, -0.2) is 26.1 Å². The fourth-order valence-corrected chi connectivity index (χ4v) is 3.05. The quantitative estimate of drug-likeness (QED) is 0.785. The van der Waals surface area contributed by atoms with Gasteiger partial charge in [-0.1, -0.05) is 23.2 Å². The van der Waals surface area contributed by atoms with Crippen LogP contribution in [0.25, 0.3) is 0 Å². The molecule has 4 nitrogen and oxygen atoms in total. The van der Waals surface area contributed by atoms with E-state index in [0.29, 0.717) is 21.3 Å². The molecule has 0 radical (unpaired) electrons. The number of carbonyl (C=O) groups is 1. The van der Waals surface area contributed by atoms with Crippen LogP contribution in [0.15, 0.2) is 12.1 Å². The molecule has 1 amide bonds. The van der Waals surface area contributed by atoms with Gasteiger partial charge in [-0.15, -0.1) is 3.89 Å². The summed E-state index contributed by atoms with van der Waals surface area (Å²) in [4.78, 5) is 12.9. The first-order valence-corrected chi connectivity index (χ1v) is 7.60. The van der Waals surface area contributed by atoms with E-state index in [1.807, 2.05) is 0 Å². The summed E-state index contributed by atoms with van der Waals surface area (Å²) in [6, 6.07) is 3.02. The number of rotatable bonds is 2. The van der Waals surface area contributed by atoms with Gasteiger partial charge >= 0.3 is 10.2 Å². The number of amides is 1. The summed E-state index contributed by atoms with van der Waals surface area (Å²) in [5, 5.41) is -0.609. The third-order valence-corrected chi connectivity index (χ3v) is 4.96. The van der Waals surface area contributed by atoms with Gasteiger partial charge in [0.25, 0.3) is 0 Å². The molecular weight excluding hydrogens is 316 g/mol. The number of benzene rings is 1. The lowest BCUT2D eigenvalue weighted by Gasteiger charge is -2.17. The molecule has 8 heteroatoms. The van der Waals surface area contributed by atoms with Crippen molar-refractivity contribution >= 4 is 45.0 Å². The van der Waals surface area contributed by atoms with E-state index in [1.165, 1.54) is 17.0 Å². The molecule has 104 valence electrons. The second-order valence-electron chi connectivity index (χ2n) is 4.34. The number of hydrogen-bond donors (Lipinski definition) is 0. The van der Waals surface area contributed by atoms with Gasteiger partial charge in [0.2, 0.25) is 5.91 Å². The van der Waals surface area contributed by atoms with Gasteiger partial charge in [-0.25, -0.2) is 0 Å². The summed E-state index contributed by atoms with van der Waals surface area (Å²) < 4.78 is 34.6. The highest BCUT2D eigenvalue weighted by Gasteiger charge is 2.39. The highest BCUT2D eigenvalue weighted by atomic mass is 35.5. The van der Waals surface area contributed by atoms with Gasteiger partial charge in [-0.05, 0) is 24.6 Å². The van der Waals surface area contributed by atoms with E-state index in [9.17, 15) is 17.1 Å². The summed E-state index contributed by atoms with van der Waals surface area (Å²) in [5.74, 6) is -0.470. The van der Waals surface area contributed by atoms with Crippen LogP contribution in [0.1, 0.15) is 12.0 Å². The highest BCUT2D eigenvalue weighted by Crippen LogP contribution is 2.33. The van der Waals surface area contributed by atoms with E-state index in [0.717, 1.165) is 0 Å². The second kappa shape index (κ2) is 4.92. The number of anilines is 1. The van der Waals surface area contributed by atoms with E-state index >= 15 is 0 Å². The van der Waals surface area contributed by atoms with Gasteiger partial charge in [-0.3, -0.25) is 4.79 Å². The number of carbonyl (C=O) groups excluding carboxylic acids is 1. The smallest absolute Gasteiger partial charge is 0.307 e. The van der Waals surface area contributed by atoms with Crippen LogP contribution in [0.2, 0.25) is 10.0 Å². The third-order valence-electron chi connectivity index (χ3n) is 3.07. The molecule has 1 aliphatic rings. The Hall–Kier alpha value is -0.850. The zero-order chi connectivity index (χ0) is 14.4. The Balaban J connectivity index is 2.36. The molecule has 1 saturated heterocycles. The van der Waals surface area contributed by atoms with Crippen LogP contribution >= 0.6 is 23.2 Å². The van der Waals surface area contributed by atoms with Gasteiger partial charge in [0, 0.05) is 28.7 Å². The first-order chi connectivity index (χ1) is 8.70. The van der Waals surface area contributed by atoms with Gasteiger partial charge in [0.15, 0.2) is 0 Å². The first-order valence-electron chi connectivity index (χ1n) is 5.39. The van der Waals surface area contributed by atoms with E-state index < -0.39 is 21.4 Å². The lowest BCUT2D eigenvalue weighted by atomic mass is 10.2. The Morgan fingerprint density at radius 1 is 1.32 bits per heavy atom. The minimum Gasteiger partial charge on any atom is -0.311 e. The Kier molecular flexibility index (Phi) is 3.77. The fourth-order valence-electron chi connectivity index (χ4n) is 1.90. The zero-order valence-electron chi connectivity index (χ0n) is 9.86. The van der Waals surface area contributed by atoms with Gasteiger partial charge < -0.3 is 4.90 Å². The first kappa shape index (κ1) is 14.6. The predicted octanol–water partition coefficient (Wildman–Crippen LogP) is 2.71. The van der Waals surface area contributed by atoms with Gasteiger partial charge in [0.05, 0.1) is 0 Å². The van der Waals surface area contributed by atoms with E-state index in [-0.39, 0.29) is 13.0 Å². The molecule has 0 aromatic heterocycles. The van der Waals surface area contributed by atoms with Crippen LogP contribution in [0.4, 0.5) is 9.57 Å². The van der Waals surface area contributed by atoms with Crippen LogP contribution in [0, 0.1) is 6.92 Å². The summed E-state index contributed by atoms with van der Waals surface area (Å²) in [7, 11) is -4.73. The maximum atomic E-state index is 12.9. The molecule has 1 aromatic rings. The molecule has 0 saturated carbocycles. The van der Waals surface area contributed by atoms with Crippen LogP contribution in [0.3, 0.4) is 0 Å². The van der Waals surface area contributed by atoms with Gasteiger partial charge in [0.1, 0.15) is 5.25 Å². The fraction of sp³-hybridized carbons (Fsp3) is 0.364. The lowest BCUT2D eigenvalue weighted by Crippen LogP contribution is -2.26. The Bertz CT molecular complexity index is 624. The predicted molar refractivity (Wildman–Crippen MR) is 72.0 cm³/mol. The molecule has 0 aliphatic carbocycles. The number of halogens is 3. The molecule has 1 aromatic carbocycles. The topological polar surface area (TPSA) is 54.5 Å². The normalized spacial score (nSPS) is 20.1. The Labute approximate surface area is 120 Å². The van der Waals surface area contributed by atoms with Crippen molar-refractivity contribution in [2.75, 3.05) is 11.4 Å². The molecule has 0 bridgehead atoms. The van der Waals surface area contributed by atoms with E-state index in [2.05, 4.69) is 0 Å². The summed E-state index contributed by atoms with van der Waals surface area (Å²) in [5.41, 5.74) is 1.03. The average Bonchev–Trinajstić information content (AvgIpc) is 2.67. The molecular formula is C11H10Cl2FNO3S. The SMILES string of the molecule is Cc1c(Cl)cc(N2CC(S(=O)(=O)F)CC2=O)cc1Cl. The van der Waals surface area contributed by atoms with Crippen LogP contribution < -0.4 is 4.90 Å². The molecule has 19 heavy (non-hydrogen) atoms. The van der Waals surface area contributed by atoms with Crippen molar-refractivity contribution in [3.63, 3.8) is 0 Å². The van der Waals surface area contributed by atoms with Crippen molar-refractivity contribution in [1.82, 2.24) is 0 Å². The van der Waals surface area contributed by atoms with Crippen molar-refractivity contribution < 1.29 is 17.1 Å². The van der Waals surface area contributed by atoms with Crippen molar-refractivity contribution in [1.29, 1.82) is 0 Å². The van der Waals surface area contributed by atoms with Crippen molar-refractivity contribution in [3.05, 3.63) is 27.7 Å². The number of nitrogens with zero attached hydrogens (tertiary/aromatic N) is 1. The average molecular weight is 326 g/mol. The van der Waals surface area contributed by atoms with E-state index in [4.69, 9.17) is 23.2 Å². The molecule has 2 rings (SSSR count). The van der Waals surface area contributed by atoms with E-state index in [1.54, 1.807) is 6.92 Å². The minimum atomic E-state index is -4.73. The highest BCUT2D eigenvalue weighted by molar-refractivity contribution is 7.87. The molecule has 1 aliphatic heterocycles. The maximum absolute atomic E-state index is 12.9. The second-order valence-corrected chi connectivity index (χ2v) is 6.77. The van der Waals surface area contributed by atoms with Crippen LogP contribution in [0.5, 0.6) is 0 Å². The summed E-state index contributed by atoms with van der Waals surface area (Å²) >= 11 is 11.9. The number of hydrogen-bond acceptors (Lipinski definition) is 3. The molecule has 0 spiro atoms. The molecule has 0 N–H and O–H groups in total. The summed E-state index contributed by atoms with van der Waals surface area (Å²) in [6.45, 7) is 1.49. The maximum Gasteiger partial charge on any atom is 0.307 e. The molecule has 1 heterocycles.